The van der Waals surface area contributed by atoms with E-state index in [0.29, 0.717) is 6.42 Å². The molecular weight excluding hydrogens is 168 g/mol. The van der Waals surface area contributed by atoms with Gasteiger partial charge in [-0.2, -0.15) is 0 Å². The number of aromatic nitrogens is 1. The summed E-state index contributed by atoms with van der Waals surface area (Å²) in [5.41, 5.74) is 0.969. The maximum absolute atomic E-state index is 10.7. The number of carboxylic acid groups (broad SMARTS) is 1. The second-order valence-corrected chi connectivity index (χ2v) is 2.74. The molecular formula is C9H12N2O2. The van der Waals surface area contributed by atoms with Crippen molar-refractivity contribution in [1.82, 2.24) is 10.3 Å². The van der Waals surface area contributed by atoms with E-state index in [1.165, 1.54) is 0 Å². The molecule has 0 aromatic carbocycles. The number of carbonyl (C=O) groups is 1. The first kappa shape index (κ1) is 9.67. The lowest BCUT2D eigenvalue weighted by atomic mass is 10.1. The molecule has 2 N–H and O–H groups in total. The Morgan fingerprint density at radius 2 is 2.23 bits per heavy atom. The van der Waals surface area contributed by atoms with E-state index in [0.717, 1.165) is 5.56 Å². The van der Waals surface area contributed by atoms with Gasteiger partial charge in [0.15, 0.2) is 0 Å². The number of rotatable bonds is 4. The van der Waals surface area contributed by atoms with Gasteiger partial charge in [0.2, 0.25) is 0 Å². The SMILES string of the molecule is CNC(Cc1ccncc1)C(=O)O. The van der Waals surface area contributed by atoms with Gasteiger partial charge in [-0.25, -0.2) is 0 Å². The van der Waals surface area contributed by atoms with E-state index in [-0.39, 0.29) is 0 Å². The lowest BCUT2D eigenvalue weighted by molar-refractivity contribution is -0.139. The Kier molecular flexibility index (Phi) is 3.40. The van der Waals surface area contributed by atoms with Gasteiger partial charge in [-0.1, -0.05) is 0 Å². The maximum Gasteiger partial charge on any atom is 0.321 e. The second kappa shape index (κ2) is 4.57. The Labute approximate surface area is 76.6 Å². The summed E-state index contributed by atoms with van der Waals surface area (Å²) in [5, 5.41) is 11.5. The fourth-order valence-corrected chi connectivity index (χ4v) is 1.07. The summed E-state index contributed by atoms with van der Waals surface area (Å²) in [5.74, 6) is -0.834. The first-order valence-electron chi connectivity index (χ1n) is 4.03. The van der Waals surface area contributed by atoms with E-state index in [1.807, 2.05) is 12.1 Å². The minimum Gasteiger partial charge on any atom is -0.480 e. The third kappa shape index (κ3) is 2.83. The van der Waals surface area contributed by atoms with Crippen molar-refractivity contribution in [2.45, 2.75) is 12.5 Å². The second-order valence-electron chi connectivity index (χ2n) is 2.74. The molecule has 0 bridgehead atoms. The van der Waals surface area contributed by atoms with Gasteiger partial charge in [-0.15, -0.1) is 0 Å². The van der Waals surface area contributed by atoms with Gasteiger partial charge in [0.1, 0.15) is 6.04 Å². The first-order chi connectivity index (χ1) is 6.24. The van der Waals surface area contributed by atoms with Crippen molar-refractivity contribution >= 4 is 5.97 Å². The number of aliphatic carboxylic acids is 1. The van der Waals surface area contributed by atoms with Crippen LogP contribution in [0.15, 0.2) is 24.5 Å². The zero-order valence-electron chi connectivity index (χ0n) is 7.40. The lowest BCUT2D eigenvalue weighted by Crippen LogP contribution is -2.35. The average Bonchev–Trinajstić information content (AvgIpc) is 2.15. The van der Waals surface area contributed by atoms with E-state index in [2.05, 4.69) is 10.3 Å². The summed E-state index contributed by atoms with van der Waals surface area (Å²) in [4.78, 5) is 14.5. The van der Waals surface area contributed by atoms with Gasteiger partial charge >= 0.3 is 5.97 Å². The van der Waals surface area contributed by atoms with Gasteiger partial charge in [-0.3, -0.25) is 9.78 Å². The summed E-state index contributed by atoms with van der Waals surface area (Å²) >= 11 is 0. The quantitative estimate of drug-likeness (QED) is 0.699. The van der Waals surface area contributed by atoms with Gasteiger partial charge < -0.3 is 10.4 Å². The van der Waals surface area contributed by atoms with Crippen LogP contribution in [0.1, 0.15) is 5.56 Å². The molecule has 4 nitrogen and oxygen atoms in total. The van der Waals surface area contributed by atoms with E-state index >= 15 is 0 Å². The van der Waals surface area contributed by atoms with Crippen molar-refractivity contribution in [3.8, 4) is 0 Å². The molecule has 1 atom stereocenters. The van der Waals surface area contributed by atoms with E-state index in [9.17, 15) is 4.79 Å². The van der Waals surface area contributed by atoms with Crippen LogP contribution in [0.5, 0.6) is 0 Å². The summed E-state index contributed by atoms with van der Waals surface area (Å²) in [6.45, 7) is 0. The number of hydrogen-bond donors (Lipinski definition) is 2. The highest BCUT2D eigenvalue weighted by Gasteiger charge is 2.14. The van der Waals surface area contributed by atoms with Crippen molar-refractivity contribution < 1.29 is 9.90 Å². The van der Waals surface area contributed by atoms with Gasteiger partial charge in [0, 0.05) is 12.4 Å². The molecule has 1 aromatic rings. The van der Waals surface area contributed by atoms with Crippen molar-refractivity contribution in [3.63, 3.8) is 0 Å². The standard InChI is InChI=1S/C9H12N2O2/c1-10-8(9(12)13)6-7-2-4-11-5-3-7/h2-5,8,10H,6H2,1H3,(H,12,13). The number of nitrogens with one attached hydrogen (secondary N) is 1. The van der Waals surface area contributed by atoms with Crippen molar-refractivity contribution in [1.29, 1.82) is 0 Å². The number of hydrogen-bond acceptors (Lipinski definition) is 3. The van der Waals surface area contributed by atoms with Crippen LogP contribution in [-0.2, 0) is 11.2 Å². The maximum atomic E-state index is 10.7. The van der Waals surface area contributed by atoms with E-state index in [1.54, 1.807) is 19.4 Å². The molecule has 0 saturated heterocycles. The highest BCUT2D eigenvalue weighted by atomic mass is 16.4. The molecule has 1 heterocycles. The summed E-state index contributed by atoms with van der Waals surface area (Å²) in [6.07, 6.45) is 3.79. The van der Waals surface area contributed by atoms with Crippen LogP contribution in [0.4, 0.5) is 0 Å². The molecule has 0 radical (unpaired) electrons. The van der Waals surface area contributed by atoms with Crippen LogP contribution in [-0.4, -0.2) is 29.1 Å². The van der Waals surface area contributed by atoms with Gasteiger partial charge in [0.25, 0.3) is 0 Å². The van der Waals surface area contributed by atoms with Crippen LogP contribution in [0.25, 0.3) is 0 Å². The molecule has 0 aliphatic rings. The van der Waals surface area contributed by atoms with Crippen LogP contribution >= 0.6 is 0 Å². The van der Waals surface area contributed by atoms with Crippen LogP contribution in [0.2, 0.25) is 0 Å². The Hall–Kier alpha value is -1.42. The molecule has 0 saturated carbocycles. The largest absolute Gasteiger partial charge is 0.480 e. The summed E-state index contributed by atoms with van der Waals surface area (Å²) in [6, 6.07) is 3.10. The fraction of sp³-hybridized carbons (Fsp3) is 0.333. The highest BCUT2D eigenvalue weighted by molar-refractivity contribution is 5.73. The fourth-order valence-electron chi connectivity index (χ4n) is 1.07. The van der Waals surface area contributed by atoms with Crippen LogP contribution in [0, 0.1) is 0 Å². The molecule has 0 amide bonds. The molecule has 70 valence electrons. The Morgan fingerprint density at radius 3 is 2.69 bits per heavy atom. The molecule has 13 heavy (non-hydrogen) atoms. The predicted octanol–water partition coefficient (Wildman–Crippen LogP) is 0.297. The molecule has 0 fully saturated rings. The normalized spacial score (nSPS) is 12.4. The van der Waals surface area contributed by atoms with Crippen LogP contribution < -0.4 is 5.32 Å². The molecule has 0 aliphatic carbocycles. The predicted molar refractivity (Wildman–Crippen MR) is 48.4 cm³/mol. The van der Waals surface area contributed by atoms with Gasteiger partial charge in [-0.05, 0) is 31.2 Å². The third-order valence-electron chi connectivity index (χ3n) is 1.84. The molecule has 0 aliphatic heterocycles. The molecule has 1 aromatic heterocycles. The zero-order valence-corrected chi connectivity index (χ0v) is 7.40. The minimum absolute atomic E-state index is 0.481. The average molecular weight is 180 g/mol. The van der Waals surface area contributed by atoms with Crippen LogP contribution in [0.3, 0.4) is 0 Å². The molecule has 1 rings (SSSR count). The number of pyridine rings is 1. The third-order valence-corrected chi connectivity index (χ3v) is 1.84. The zero-order chi connectivity index (χ0) is 9.68. The Morgan fingerprint density at radius 1 is 1.62 bits per heavy atom. The van der Waals surface area contributed by atoms with Crippen molar-refractivity contribution in [3.05, 3.63) is 30.1 Å². The summed E-state index contributed by atoms with van der Waals surface area (Å²) < 4.78 is 0. The minimum atomic E-state index is -0.834. The number of likely N-dealkylation sites (N-methyl/N-ethyl adjacent to an activating group) is 1. The smallest absolute Gasteiger partial charge is 0.321 e. The monoisotopic (exact) mass is 180 g/mol. The number of nitrogens with zero attached hydrogens (tertiary/aromatic N) is 1. The number of carboxylic acids is 1. The van der Waals surface area contributed by atoms with Gasteiger partial charge in [0.05, 0.1) is 0 Å². The molecule has 1 unspecified atom stereocenters. The lowest BCUT2D eigenvalue weighted by Gasteiger charge is -2.10. The van der Waals surface area contributed by atoms with E-state index < -0.39 is 12.0 Å². The topological polar surface area (TPSA) is 62.2 Å². The highest BCUT2D eigenvalue weighted by Crippen LogP contribution is 2.01. The Balaban J connectivity index is 2.62. The van der Waals surface area contributed by atoms with E-state index in [4.69, 9.17) is 5.11 Å². The summed E-state index contributed by atoms with van der Waals surface area (Å²) in [7, 11) is 1.64. The van der Waals surface area contributed by atoms with Crippen molar-refractivity contribution in [2.24, 2.45) is 0 Å². The van der Waals surface area contributed by atoms with Crippen molar-refractivity contribution in [2.75, 3.05) is 7.05 Å². The molecule has 4 heteroatoms. The molecule has 0 spiro atoms. The Bertz CT molecular complexity index is 274. The first-order valence-corrected chi connectivity index (χ1v) is 4.03.